The Kier molecular flexibility index (Phi) is 8.09. The molecule has 8 heteroatoms. The Balaban J connectivity index is 0.00000280. The minimum Gasteiger partial charge on any atom is -0.356 e. The lowest BCUT2D eigenvalue weighted by Crippen LogP contribution is -2.72. The first kappa shape index (κ1) is 23.8. The molecule has 0 aromatic carbocycles. The second-order valence-corrected chi connectivity index (χ2v) is 9.79. The van der Waals surface area contributed by atoms with Crippen molar-refractivity contribution in [1.29, 1.82) is 0 Å². The van der Waals surface area contributed by atoms with Crippen LogP contribution in [0.3, 0.4) is 0 Å². The van der Waals surface area contributed by atoms with Crippen molar-refractivity contribution in [2.45, 2.75) is 83.0 Å². The number of nitrogens with one attached hydrogen (secondary N) is 1. The molecule has 1 aromatic heterocycles. The number of thioether (sulfide) groups is 1. The van der Waals surface area contributed by atoms with Crippen molar-refractivity contribution in [1.82, 2.24) is 25.0 Å². The van der Waals surface area contributed by atoms with Crippen molar-refractivity contribution in [3.63, 3.8) is 0 Å². The van der Waals surface area contributed by atoms with E-state index in [2.05, 4.69) is 63.9 Å². The molecule has 1 aromatic rings. The summed E-state index contributed by atoms with van der Waals surface area (Å²) in [5.41, 5.74) is 0.446. The SMILES string of the molecule is CN=C(NCCCc1nnc(SC)n1C1CCCC1)N1CC(C)(C)C1(C)C.I. The summed E-state index contributed by atoms with van der Waals surface area (Å²) < 4.78 is 2.41. The fourth-order valence-corrected chi connectivity index (χ4v) is 4.86. The Morgan fingerprint density at radius 3 is 2.43 bits per heavy atom. The summed E-state index contributed by atoms with van der Waals surface area (Å²) in [6.07, 6.45) is 9.29. The summed E-state index contributed by atoms with van der Waals surface area (Å²) in [5.74, 6) is 2.16. The van der Waals surface area contributed by atoms with Gasteiger partial charge in [-0.25, -0.2) is 0 Å². The normalized spacial score (nSPS) is 21.4. The summed E-state index contributed by atoms with van der Waals surface area (Å²) in [7, 11) is 1.88. The number of likely N-dealkylation sites (tertiary alicyclic amines) is 1. The van der Waals surface area contributed by atoms with Gasteiger partial charge in [-0.3, -0.25) is 4.99 Å². The van der Waals surface area contributed by atoms with Gasteiger partial charge in [-0.05, 0) is 39.4 Å². The van der Waals surface area contributed by atoms with Gasteiger partial charge < -0.3 is 14.8 Å². The van der Waals surface area contributed by atoms with Crippen molar-refractivity contribution >= 4 is 41.7 Å². The smallest absolute Gasteiger partial charge is 0.194 e. The van der Waals surface area contributed by atoms with Crippen LogP contribution in [0.1, 0.15) is 71.7 Å². The first-order valence-electron chi connectivity index (χ1n) is 10.3. The van der Waals surface area contributed by atoms with Crippen LogP contribution in [0, 0.1) is 5.41 Å². The maximum atomic E-state index is 4.51. The molecular weight excluding hydrogens is 483 g/mol. The van der Waals surface area contributed by atoms with Gasteiger partial charge in [0.1, 0.15) is 5.82 Å². The molecule has 0 atom stereocenters. The lowest BCUT2D eigenvalue weighted by molar-refractivity contribution is -0.0667. The first-order valence-corrected chi connectivity index (χ1v) is 11.5. The van der Waals surface area contributed by atoms with Crippen LogP contribution in [0.2, 0.25) is 0 Å². The Morgan fingerprint density at radius 1 is 1.21 bits per heavy atom. The predicted molar refractivity (Wildman–Crippen MR) is 129 cm³/mol. The van der Waals surface area contributed by atoms with Crippen LogP contribution in [0.4, 0.5) is 0 Å². The van der Waals surface area contributed by atoms with Gasteiger partial charge in [0.15, 0.2) is 11.1 Å². The number of aromatic nitrogens is 3. The van der Waals surface area contributed by atoms with Gasteiger partial charge in [0, 0.05) is 43.6 Å². The van der Waals surface area contributed by atoms with E-state index in [1.165, 1.54) is 25.7 Å². The maximum absolute atomic E-state index is 4.51. The van der Waals surface area contributed by atoms with Crippen molar-refractivity contribution < 1.29 is 0 Å². The topological polar surface area (TPSA) is 58.3 Å². The molecule has 1 aliphatic heterocycles. The van der Waals surface area contributed by atoms with Crippen LogP contribution in [0.15, 0.2) is 10.1 Å². The molecule has 0 unspecified atom stereocenters. The number of aliphatic imine (C=N–C) groups is 1. The quantitative estimate of drug-likeness (QED) is 0.199. The number of nitrogens with zero attached hydrogens (tertiary/aromatic N) is 5. The summed E-state index contributed by atoms with van der Waals surface area (Å²) in [5, 5.41) is 13.5. The second kappa shape index (κ2) is 9.53. The molecule has 1 N–H and O–H groups in total. The molecule has 0 bridgehead atoms. The zero-order chi connectivity index (χ0) is 19.7. The average molecular weight is 521 g/mol. The second-order valence-electron chi connectivity index (χ2n) is 9.02. The molecule has 1 aliphatic carbocycles. The predicted octanol–water partition coefficient (Wildman–Crippen LogP) is 4.36. The summed E-state index contributed by atoms with van der Waals surface area (Å²) in [6.45, 7) is 11.2. The summed E-state index contributed by atoms with van der Waals surface area (Å²) in [6, 6.07) is 0.599. The number of aryl methyl sites for hydroxylation is 1. The van der Waals surface area contributed by atoms with E-state index < -0.39 is 0 Å². The molecular formula is C20H37IN6S. The Bertz CT molecular complexity index is 678. The van der Waals surface area contributed by atoms with Crippen LogP contribution in [-0.2, 0) is 6.42 Å². The summed E-state index contributed by atoms with van der Waals surface area (Å²) in [4.78, 5) is 6.90. The largest absolute Gasteiger partial charge is 0.356 e. The number of hydrogen-bond acceptors (Lipinski definition) is 4. The van der Waals surface area contributed by atoms with Crippen LogP contribution in [-0.4, -0.2) is 57.6 Å². The molecule has 0 radical (unpaired) electrons. The Labute approximate surface area is 191 Å². The van der Waals surface area contributed by atoms with Gasteiger partial charge in [0.05, 0.1) is 0 Å². The molecule has 2 fully saturated rings. The van der Waals surface area contributed by atoms with E-state index in [1.54, 1.807) is 11.8 Å². The fourth-order valence-electron chi connectivity index (χ4n) is 4.29. The molecule has 28 heavy (non-hydrogen) atoms. The van der Waals surface area contributed by atoms with Crippen LogP contribution >= 0.6 is 35.7 Å². The van der Waals surface area contributed by atoms with Gasteiger partial charge in [0.25, 0.3) is 0 Å². The van der Waals surface area contributed by atoms with E-state index in [9.17, 15) is 0 Å². The average Bonchev–Trinajstić information content (AvgIpc) is 3.29. The minimum absolute atomic E-state index is 0. The first-order chi connectivity index (χ1) is 12.8. The molecule has 0 amide bonds. The van der Waals surface area contributed by atoms with E-state index in [1.807, 2.05) is 7.05 Å². The van der Waals surface area contributed by atoms with Crippen molar-refractivity contribution in [3.05, 3.63) is 5.82 Å². The third kappa shape index (κ3) is 4.47. The van der Waals surface area contributed by atoms with Crippen molar-refractivity contribution in [2.24, 2.45) is 10.4 Å². The molecule has 1 saturated carbocycles. The van der Waals surface area contributed by atoms with Gasteiger partial charge in [-0.15, -0.1) is 34.2 Å². The molecule has 1 saturated heterocycles. The number of rotatable bonds is 6. The zero-order valence-corrected chi connectivity index (χ0v) is 21.4. The summed E-state index contributed by atoms with van der Waals surface area (Å²) >= 11 is 1.71. The van der Waals surface area contributed by atoms with Crippen molar-refractivity contribution in [3.8, 4) is 0 Å². The van der Waals surface area contributed by atoms with E-state index >= 15 is 0 Å². The molecule has 0 spiro atoms. The third-order valence-corrected chi connectivity index (χ3v) is 7.46. The number of guanidine groups is 1. The highest BCUT2D eigenvalue weighted by Crippen LogP contribution is 2.46. The van der Waals surface area contributed by atoms with E-state index in [0.29, 0.717) is 11.5 Å². The zero-order valence-electron chi connectivity index (χ0n) is 18.3. The van der Waals surface area contributed by atoms with Crippen molar-refractivity contribution in [2.75, 3.05) is 26.4 Å². The maximum Gasteiger partial charge on any atom is 0.194 e. The lowest BCUT2D eigenvalue weighted by atomic mass is 9.65. The highest BCUT2D eigenvalue weighted by molar-refractivity contribution is 14.0. The molecule has 160 valence electrons. The lowest BCUT2D eigenvalue weighted by Gasteiger charge is -2.62. The van der Waals surface area contributed by atoms with Crippen LogP contribution in [0.5, 0.6) is 0 Å². The number of halogens is 1. The van der Waals surface area contributed by atoms with E-state index in [-0.39, 0.29) is 29.5 Å². The third-order valence-electron chi connectivity index (χ3n) is 6.82. The highest BCUT2D eigenvalue weighted by Gasteiger charge is 2.53. The Morgan fingerprint density at radius 2 is 1.89 bits per heavy atom. The molecule has 3 rings (SSSR count). The highest BCUT2D eigenvalue weighted by atomic mass is 127. The van der Waals surface area contributed by atoms with E-state index in [0.717, 1.165) is 42.9 Å². The molecule has 2 heterocycles. The molecule has 2 aliphatic rings. The van der Waals surface area contributed by atoms with Gasteiger partial charge in [0.2, 0.25) is 0 Å². The van der Waals surface area contributed by atoms with E-state index in [4.69, 9.17) is 0 Å². The Hall–Kier alpha value is -0.510. The minimum atomic E-state index is 0. The standard InChI is InChI=1S/C20H36N6S.HI/c1-19(2)14-25(20(19,3)4)17(21-5)22-13-9-12-16-23-24-18(27-6)26(16)15-10-7-8-11-15;/h15H,7-14H2,1-6H3,(H,21,22);1H. The monoisotopic (exact) mass is 520 g/mol. The van der Waals surface area contributed by atoms with Crippen LogP contribution in [0.25, 0.3) is 0 Å². The molecule has 6 nitrogen and oxygen atoms in total. The van der Waals surface area contributed by atoms with Gasteiger partial charge in [-0.1, -0.05) is 38.5 Å². The number of hydrogen-bond donors (Lipinski definition) is 1. The fraction of sp³-hybridized carbons (Fsp3) is 0.850. The van der Waals surface area contributed by atoms with Gasteiger partial charge in [-0.2, -0.15) is 0 Å². The van der Waals surface area contributed by atoms with Gasteiger partial charge >= 0.3 is 0 Å². The van der Waals surface area contributed by atoms with Crippen LogP contribution < -0.4 is 5.32 Å².